The monoisotopic (exact) mass is 289 g/mol. The summed E-state index contributed by atoms with van der Waals surface area (Å²) in [7, 11) is 0. The third-order valence-corrected chi connectivity index (χ3v) is 2.87. The molecule has 0 unspecified atom stereocenters. The van der Waals surface area contributed by atoms with Gasteiger partial charge in [0.25, 0.3) is 5.91 Å². The van der Waals surface area contributed by atoms with E-state index in [1.807, 2.05) is 0 Å². The van der Waals surface area contributed by atoms with Gasteiger partial charge in [-0.25, -0.2) is 9.78 Å². The predicted octanol–water partition coefficient (Wildman–Crippen LogP) is 0.500. The average molecular weight is 289 g/mol. The van der Waals surface area contributed by atoms with Crippen LogP contribution in [-0.4, -0.2) is 43.5 Å². The molecule has 0 radical (unpaired) electrons. The van der Waals surface area contributed by atoms with E-state index in [2.05, 4.69) is 20.6 Å². The van der Waals surface area contributed by atoms with E-state index in [1.54, 1.807) is 24.0 Å². The van der Waals surface area contributed by atoms with E-state index in [0.717, 1.165) is 0 Å². The van der Waals surface area contributed by atoms with Crippen molar-refractivity contribution in [2.24, 2.45) is 0 Å². The molecule has 0 saturated heterocycles. The van der Waals surface area contributed by atoms with Gasteiger partial charge in [-0.1, -0.05) is 5.21 Å². The van der Waals surface area contributed by atoms with Crippen LogP contribution in [0, 0.1) is 6.92 Å². The van der Waals surface area contributed by atoms with Gasteiger partial charge in [-0.15, -0.1) is 5.10 Å². The van der Waals surface area contributed by atoms with Gasteiger partial charge in [-0.3, -0.25) is 9.48 Å². The van der Waals surface area contributed by atoms with Crippen molar-refractivity contribution >= 4 is 11.9 Å². The third-order valence-electron chi connectivity index (χ3n) is 2.87. The van der Waals surface area contributed by atoms with Crippen LogP contribution in [-0.2, 0) is 6.54 Å². The Hall–Kier alpha value is -2.77. The Morgan fingerprint density at radius 1 is 1.38 bits per heavy atom. The molecule has 0 spiro atoms. The maximum Gasteiger partial charge on any atom is 0.337 e. The maximum atomic E-state index is 11.9. The molecule has 21 heavy (non-hydrogen) atoms. The molecule has 110 valence electrons. The fraction of sp³-hybridized carbons (Fsp3) is 0.308. The van der Waals surface area contributed by atoms with Crippen molar-refractivity contribution in [3.63, 3.8) is 0 Å². The first-order chi connectivity index (χ1) is 10.1. The highest BCUT2D eigenvalue weighted by molar-refractivity contribution is 5.94. The summed E-state index contributed by atoms with van der Waals surface area (Å²) < 4.78 is 1.68. The number of carboxylic acid groups (broad SMARTS) is 1. The van der Waals surface area contributed by atoms with Gasteiger partial charge < -0.3 is 10.4 Å². The number of amides is 1. The van der Waals surface area contributed by atoms with Gasteiger partial charge in [0.05, 0.1) is 17.5 Å². The molecule has 0 aliphatic rings. The molecule has 0 aliphatic heterocycles. The van der Waals surface area contributed by atoms with E-state index >= 15 is 0 Å². The van der Waals surface area contributed by atoms with Crippen LogP contribution in [0.1, 0.15) is 33.0 Å². The molecule has 0 aromatic carbocycles. The predicted molar refractivity (Wildman–Crippen MR) is 72.9 cm³/mol. The van der Waals surface area contributed by atoms with E-state index in [0.29, 0.717) is 25.2 Å². The summed E-state index contributed by atoms with van der Waals surface area (Å²) in [5, 5.41) is 19.1. The van der Waals surface area contributed by atoms with Crippen LogP contribution in [0.3, 0.4) is 0 Å². The minimum absolute atomic E-state index is 0.0951. The lowest BCUT2D eigenvalue weighted by Gasteiger charge is -2.06. The second kappa shape index (κ2) is 6.60. The van der Waals surface area contributed by atoms with Crippen LogP contribution in [0.2, 0.25) is 0 Å². The number of hydrogen-bond acceptors (Lipinski definition) is 5. The lowest BCUT2D eigenvalue weighted by Crippen LogP contribution is -2.26. The topological polar surface area (TPSA) is 110 Å². The third kappa shape index (κ3) is 3.85. The number of pyridine rings is 1. The van der Waals surface area contributed by atoms with Crippen LogP contribution in [0.4, 0.5) is 0 Å². The van der Waals surface area contributed by atoms with Crippen LogP contribution < -0.4 is 5.32 Å². The lowest BCUT2D eigenvalue weighted by atomic mass is 10.2. The Bertz CT molecular complexity index is 639. The van der Waals surface area contributed by atoms with E-state index in [1.165, 1.54) is 12.1 Å². The fourth-order valence-electron chi connectivity index (χ4n) is 1.80. The van der Waals surface area contributed by atoms with Gasteiger partial charge in [-0.05, 0) is 25.5 Å². The molecule has 2 heterocycles. The Morgan fingerprint density at radius 2 is 2.19 bits per heavy atom. The van der Waals surface area contributed by atoms with Gasteiger partial charge in [0.15, 0.2) is 0 Å². The second-order valence-electron chi connectivity index (χ2n) is 4.41. The number of rotatable bonds is 6. The summed E-state index contributed by atoms with van der Waals surface area (Å²) in [6.45, 7) is 2.69. The SMILES string of the molecule is Cc1nc(C(=O)NCCCn2ccnn2)ccc1C(=O)O. The number of carboxylic acids is 1. The highest BCUT2D eigenvalue weighted by atomic mass is 16.4. The van der Waals surface area contributed by atoms with E-state index in [4.69, 9.17) is 5.11 Å². The number of aromatic nitrogens is 4. The second-order valence-corrected chi connectivity index (χ2v) is 4.41. The maximum absolute atomic E-state index is 11.9. The van der Waals surface area contributed by atoms with Gasteiger partial charge in [0.2, 0.25) is 0 Å². The number of nitrogens with one attached hydrogen (secondary N) is 1. The lowest BCUT2D eigenvalue weighted by molar-refractivity contribution is 0.0694. The molecule has 0 saturated carbocycles. The number of nitrogens with zero attached hydrogens (tertiary/aromatic N) is 4. The summed E-state index contributed by atoms with van der Waals surface area (Å²) in [5.74, 6) is -1.38. The Balaban J connectivity index is 1.85. The van der Waals surface area contributed by atoms with Crippen molar-refractivity contribution in [2.45, 2.75) is 19.9 Å². The van der Waals surface area contributed by atoms with Crippen molar-refractivity contribution in [2.75, 3.05) is 6.54 Å². The standard InChI is InChI=1S/C13H15N5O3/c1-9-10(13(20)21)3-4-11(16-9)12(19)14-5-2-7-18-8-6-15-17-18/h3-4,6,8H,2,5,7H2,1H3,(H,14,19)(H,20,21). The molecular formula is C13H15N5O3. The molecule has 2 aromatic rings. The number of carbonyl (C=O) groups is 2. The molecular weight excluding hydrogens is 274 g/mol. The van der Waals surface area contributed by atoms with E-state index in [-0.39, 0.29) is 17.2 Å². The minimum Gasteiger partial charge on any atom is -0.478 e. The molecule has 0 bridgehead atoms. The number of aromatic carboxylic acids is 1. The zero-order valence-corrected chi connectivity index (χ0v) is 11.5. The minimum atomic E-state index is -1.06. The Kier molecular flexibility index (Phi) is 4.60. The Labute approximate surface area is 120 Å². The molecule has 8 nitrogen and oxygen atoms in total. The smallest absolute Gasteiger partial charge is 0.337 e. The quantitative estimate of drug-likeness (QED) is 0.749. The van der Waals surface area contributed by atoms with Crippen LogP contribution in [0.25, 0.3) is 0 Å². The Morgan fingerprint density at radius 3 is 2.81 bits per heavy atom. The zero-order valence-electron chi connectivity index (χ0n) is 11.5. The fourth-order valence-corrected chi connectivity index (χ4v) is 1.80. The average Bonchev–Trinajstić information content (AvgIpc) is 2.96. The normalized spacial score (nSPS) is 10.3. The van der Waals surface area contributed by atoms with Gasteiger partial charge in [0, 0.05) is 19.3 Å². The summed E-state index contributed by atoms with van der Waals surface area (Å²) >= 11 is 0. The van der Waals surface area contributed by atoms with Crippen LogP contribution in [0.5, 0.6) is 0 Å². The van der Waals surface area contributed by atoms with E-state index < -0.39 is 5.97 Å². The van der Waals surface area contributed by atoms with Gasteiger partial charge in [0.1, 0.15) is 5.69 Å². The van der Waals surface area contributed by atoms with Crippen molar-refractivity contribution in [3.8, 4) is 0 Å². The summed E-state index contributed by atoms with van der Waals surface area (Å²) in [4.78, 5) is 26.8. The van der Waals surface area contributed by atoms with Crippen molar-refractivity contribution < 1.29 is 14.7 Å². The molecule has 2 rings (SSSR count). The van der Waals surface area contributed by atoms with Crippen LogP contribution >= 0.6 is 0 Å². The van der Waals surface area contributed by atoms with Crippen LogP contribution in [0.15, 0.2) is 24.5 Å². The highest BCUT2D eigenvalue weighted by Crippen LogP contribution is 2.06. The first-order valence-electron chi connectivity index (χ1n) is 6.41. The number of carbonyl (C=O) groups excluding carboxylic acids is 1. The molecule has 2 aromatic heterocycles. The molecule has 2 N–H and O–H groups in total. The molecule has 8 heteroatoms. The van der Waals surface area contributed by atoms with Gasteiger partial charge in [-0.2, -0.15) is 0 Å². The number of hydrogen-bond donors (Lipinski definition) is 2. The van der Waals surface area contributed by atoms with Gasteiger partial charge >= 0.3 is 5.97 Å². The molecule has 0 atom stereocenters. The van der Waals surface area contributed by atoms with Crippen molar-refractivity contribution in [3.05, 3.63) is 41.5 Å². The molecule has 0 fully saturated rings. The van der Waals surface area contributed by atoms with Crippen molar-refractivity contribution in [1.82, 2.24) is 25.3 Å². The summed E-state index contributed by atoms with van der Waals surface area (Å²) in [6, 6.07) is 2.79. The van der Waals surface area contributed by atoms with Crippen molar-refractivity contribution in [1.29, 1.82) is 0 Å². The number of aryl methyl sites for hydroxylation is 2. The first kappa shape index (κ1) is 14.6. The molecule has 0 aliphatic carbocycles. The summed E-state index contributed by atoms with van der Waals surface area (Å²) in [6.07, 6.45) is 4.05. The first-order valence-corrected chi connectivity index (χ1v) is 6.41. The molecule has 1 amide bonds. The largest absolute Gasteiger partial charge is 0.478 e. The summed E-state index contributed by atoms with van der Waals surface area (Å²) in [5.41, 5.74) is 0.619. The van der Waals surface area contributed by atoms with E-state index in [9.17, 15) is 9.59 Å². The zero-order chi connectivity index (χ0) is 15.2. The highest BCUT2D eigenvalue weighted by Gasteiger charge is 2.12.